The Hall–Kier alpha value is -2.24. The number of hydrogen-bond acceptors (Lipinski definition) is 4. The lowest BCUT2D eigenvalue weighted by Crippen LogP contribution is -2.35. The Bertz CT molecular complexity index is 486. The normalized spacial score (nSPS) is 10.1. The first-order chi connectivity index (χ1) is 9.47. The van der Waals surface area contributed by atoms with Gasteiger partial charge in [-0.1, -0.05) is 13.8 Å². The lowest BCUT2D eigenvalue weighted by atomic mass is 10.2. The highest BCUT2D eigenvalue weighted by Gasteiger charge is 2.11. The first kappa shape index (κ1) is 15.8. The van der Waals surface area contributed by atoms with Crippen molar-refractivity contribution in [3.63, 3.8) is 0 Å². The van der Waals surface area contributed by atoms with E-state index in [-0.39, 0.29) is 24.3 Å². The molecular weight excluding hydrogens is 260 g/mol. The molecule has 0 spiro atoms. The topological polar surface area (TPSA) is 76.7 Å². The van der Waals surface area contributed by atoms with Crippen molar-refractivity contribution in [1.82, 2.24) is 5.32 Å². The Labute approximate surface area is 118 Å². The van der Waals surface area contributed by atoms with E-state index >= 15 is 0 Å². The predicted octanol–water partition coefficient (Wildman–Crippen LogP) is 1.41. The van der Waals surface area contributed by atoms with Crippen LogP contribution in [0.4, 0.5) is 5.69 Å². The quantitative estimate of drug-likeness (QED) is 0.826. The zero-order chi connectivity index (χ0) is 15.1. The van der Waals surface area contributed by atoms with Crippen molar-refractivity contribution in [3.05, 3.63) is 18.2 Å². The monoisotopic (exact) mass is 280 g/mol. The molecule has 110 valence electrons. The first-order valence-electron chi connectivity index (χ1n) is 6.27. The minimum atomic E-state index is -0.317. The first-order valence-corrected chi connectivity index (χ1v) is 6.27. The van der Waals surface area contributed by atoms with Gasteiger partial charge in [0.15, 0.2) is 0 Å². The molecule has 0 unspecified atom stereocenters. The summed E-state index contributed by atoms with van der Waals surface area (Å²) in [7, 11) is 3.06. The highest BCUT2D eigenvalue weighted by molar-refractivity contribution is 5.95. The van der Waals surface area contributed by atoms with Crippen molar-refractivity contribution >= 4 is 17.5 Å². The summed E-state index contributed by atoms with van der Waals surface area (Å²) in [4.78, 5) is 23.1. The van der Waals surface area contributed by atoms with Gasteiger partial charge in [0.05, 0.1) is 26.5 Å². The lowest BCUT2D eigenvalue weighted by molar-refractivity contribution is -0.126. The second kappa shape index (κ2) is 7.37. The van der Waals surface area contributed by atoms with Gasteiger partial charge in [-0.3, -0.25) is 9.59 Å². The van der Waals surface area contributed by atoms with E-state index in [4.69, 9.17) is 9.47 Å². The second-order valence-electron chi connectivity index (χ2n) is 4.49. The van der Waals surface area contributed by atoms with E-state index in [1.54, 1.807) is 39.2 Å². The van der Waals surface area contributed by atoms with E-state index in [9.17, 15) is 9.59 Å². The molecule has 0 fully saturated rings. The maximum Gasteiger partial charge on any atom is 0.243 e. The van der Waals surface area contributed by atoms with Crippen LogP contribution in [0.1, 0.15) is 13.8 Å². The number of benzene rings is 1. The Kier molecular flexibility index (Phi) is 5.83. The molecule has 0 aromatic heterocycles. The molecule has 0 saturated carbocycles. The molecule has 0 saturated heterocycles. The van der Waals surface area contributed by atoms with Crippen molar-refractivity contribution in [1.29, 1.82) is 0 Å². The Morgan fingerprint density at radius 1 is 1.20 bits per heavy atom. The Morgan fingerprint density at radius 3 is 2.45 bits per heavy atom. The van der Waals surface area contributed by atoms with Crippen LogP contribution in [0, 0.1) is 5.92 Å². The standard InChI is InChI=1S/C14H20N2O4/c1-9(2)14(18)15-8-13(17)16-11-6-5-10(19-3)7-12(11)20-4/h5-7,9H,8H2,1-4H3,(H,15,18)(H,16,17). The maximum atomic E-state index is 11.7. The summed E-state index contributed by atoms with van der Waals surface area (Å²) >= 11 is 0. The molecule has 20 heavy (non-hydrogen) atoms. The highest BCUT2D eigenvalue weighted by Crippen LogP contribution is 2.28. The van der Waals surface area contributed by atoms with Gasteiger partial charge in [0.25, 0.3) is 0 Å². The van der Waals surface area contributed by atoms with Gasteiger partial charge in [0.2, 0.25) is 11.8 Å². The fourth-order valence-electron chi connectivity index (χ4n) is 1.47. The van der Waals surface area contributed by atoms with Crippen LogP contribution in [-0.2, 0) is 9.59 Å². The van der Waals surface area contributed by atoms with Gasteiger partial charge in [-0.15, -0.1) is 0 Å². The SMILES string of the molecule is COc1ccc(NC(=O)CNC(=O)C(C)C)c(OC)c1. The van der Waals surface area contributed by atoms with Crippen LogP contribution in [-0.4, -0.2) is 32.6 Å². The van der Waals surface area contributed by atoms with E-state index in [0.29, 0.717) is 17.2 Å². The smallest absolute Gasteiger partial charge is 0.243 e. The molecule has 0 aliphatic carbocycles. The van der Waals surface area contributed by atoms with Crippen LogP contribution in [0.3, 0.4) is 0 Å². The summed E-state index contributed by atoms with van der Waals surface area (Å²) in [6.07, 6.45) is 0. The fourth-order valence-corrected chi connectivity index (χ4v) is 1.47. The average molecular weight is 280 g/mol. The van der Waals surface area contributed by atoms with Gasteiger partial charge >= 0.3 is 0 Å². The number of amides is 2. The third kappa shape index (κ3) is 4.46. The van der Waals surface area contributed by atoms with E-state index in [0.717, 1.165) is 0 Å². The van der Waals surface area contributed by atoms with Crippen molar-refractivity contribution in [3.8, 4) is 11.5 Å². The molecule has 1 aromatic rings. The Morgan fingerprint density at radius 2 is 1.90 bits per heavy atom. The minimum absolute atomic E-state index is 0.0772. The Balaban J connectivity index is 2.64. The lowest BCUT2D eigenvalue weighted by Gasteiger charge is -2.12. The van der Waals surface area contributed by atoms with Gasteiger partial charge in [0, 0.05) is 12.0 Å². The van der Waals surface area contributed by atoms with E-state index in [1.165, 1.54) is 7.11 Å². The van der Waals surface area contributed by atoms with E-state index in [2.05, 4.69) is 10.6 Å². The number of methoxy groups -OCH3 is 2. The molecule has 1 rings (SSSR count). The number of carbonyl (C=O) groups is 2. The van der Waals surface area contributed by atoms with Crippen LogP contribution < -0.4 is 20.1 Å². The maximum absolute atomic E-state index is 11.7. The second-order valence-corrected chi connectivity index (χ2v) is 4.49. The number of hydrogen-bond donors (Lipinski definition) is 2. The zero-order valence-electron chi connectivity index (χ0n) is 12.1. The van der Waals surface area contributed by atoms with Crippen molar-refractivity contribution in [2.45, 2.75) is 13.8 Å². The van der Waals surface area contributed by atoms with Crippen LogP contribution >= 0.6 is 0 Å². The van der Waals surface area contributed by atoms with Crippen molar-refractivity contribution < 1.29 is 19.1 Å². The molecule has 6 nitrogen and oxygen atoms in total. The molecule has 2 N–H and O–H groups in total. The zero-order valence-corrected chi connectivity index (χ0v) is 12.1. The number of ether oxygens (including phenoxy) is 2. The van der Waals surface area contributed by atoms with Crippen LogP contribution in [0.15, 0.2) is 18.2 Å². The molecule has 0 bridgehead atoms. The van der Waals surface area contributed by atoms with Crippen LogP contribution in [0.2, 0.25) is 0 Å². The summed E-state index contributed by atoms with van der Waals surface area (Å²) < 4.78 is 10.2. The third-order valence-electron chi connectivity index (χ3n) is 2.63. The summed E-state index contributed by atoms with van der Waals surface area (Å²) in [5.74, 6) is 0.489. The van der Waals surface area contributed by atoms with Gasteiger partial charge in [-0.2, -0.15) is 0 Å². The van der Waals surface area contributed by atoms with Gasteiger partial charge in [-0.05, 0) is 12.1 Å². The van der Waals surface area contributed by atoms with E-state index < -0.39 is 0 Å². The largest absolute Gasteiger partial charge is 0.497 e. The number of nitrogens with one attached hydrogen (secondary N) is 2. The molecule has 6 heteroatoms. The van der Waals surface area contributed by atoms with Crippen molar-refractivity contribution in [2.75, 3.05) is 26.1 Å². The molecule has 0 radical (unpaired) electrons. The molecule has 0 atom stereocenters. The van der Waals surface area contributed by atoms with Crippen LogP contribution in [0.25, 0.3) is 0 Å². The van der Waals surface area contributed by atoms with Crippen molar-refractivity contribution in [2.24, 2.45) is 5.92 Å². The molecule has 0 aliphatic heterocycles. The van der Waals surface area contributed by atoms with Gasteiger partial charge < -0.3 is 20.1 Å². The van der Waals surface area contributed by atoms with E-state index in [1.807, 2.05) is 0 Å². The number of anilines is 1. The molecule has 0 aliphatic rings. The molecular formula is C14H20N2O4. The van der Waals surface area contributed by atoms with Crippen LogP contribution in [0.5, 0.6) is 11.5 Å². The third-order valence-corrected chi connectivity index (χ3v) is 2.63. The summed E-state index contributed by atoms with van der Waals surface area (Å²) in [6, 6.07) is 5.06. The molecule has 1 aromatic carbocycles. The number of rotatable bonds is 6. The molecule has 0 heterocycles. The number of carbonyl (C=O) groups excluding carboxylic acids is 2. The van der Waals surface area contributed by atoms with Gasteiger partial charge in [0.1, 0.15) is 11.5 Å². The van der Waals surface area contributed by atoms with Gasteiger partial charge in [-0.25, -0.2) is 0 Å². The highest BCUT2D eigenvalue weighted by atomic mass is 16.5. The minimum Gasteiger partial charge on any atom is -0.497 e. The summed E-state index contributed by atoms with van der Waals surface area (Å²) in [5.41, 5.74) is 0.525. The molecule has 2 amide bonds. The summed E-state index contributed by atoms with van der Waals surface area (Å²) in [6.45, 7) is 3.45. The predicted molar refractivity (Wildman–Crippen MR) is 76.0 cm³/mol. The summed E-state index contributed by atoms with van der Waals surface area (Å²) in [5, 5.41) is 5.22. The average Bonchev–Trinajstić information content (AvgIpc) is 2.44. The fraction of sp³-hybridized carbons (Fsp3) is 0.429.